The summed E-state index contributed by atoms with van der Waals surface area (Å²) in [7, 11) is 0. The molecule has 8 bridgehead atoms. The van der Waals surface area contributed by atoms with E-state index in [1.807, 2.05) is 91.0 Å². The zero-order chi connectivity index (χ0) is 21.5. The Labute approximate surface area is 203 Å². The van der Waals surface area contributed by atoms with Crippen molar-refractivity contribution in [3.8, 4) is 6.07 Å². The summed E-state index contributed by atoms with van der Waals surface area (Å²) in [5.74, 6) is 0. The smallest absolute Gasteiger partial charge is 0.102 e. The zero-order valence-corrected chi connectivity index (χ0v) is 20.1. The predicted octanol–water partition coefficient (Wildman–Crippen LogP) is 5.97. The quantitative estimate of drug-likeness (QED) is 0.250. The molecule has 2 aliphatic rings. The maximum atomic E-state index is 10.0. The number of aromatic nitrogens is 4. The molecule has 2 N–H and O–H groups in total. The molecule has 0 amide bonds. The maximum absolute atomic E-state index is 10.0. The minimum absolute atomic E-state index is 0. The van der Waals surface area contributed by atoms with Gasteiger partial charge in [-0.1, -0.05) is 30.3 Å². The number of H-pyrrole nitrogens is 2. The average molecular weight is 598 g/mol. The van der Waals surface area contributed by atoms with Crippen molar-refractivity contribution in [1.29, 1.82) is 5.26 Å². The van der Waals surface area contributed by atoms with Crippen LogP contribution in [0, 0.1) is 11.3 Å². The molecular formula is C27H17N5Re. The van der Waals surface area contributed by atoms with Crippen LogP contribution >= 0.6 is 0 Å². The van der Waals surface area contributed by atoms with Crippen LogP contribution in [0.3, 0.4) is 0 Å². The number of nitrogens with one attached hydrogen (secondary N) is 2. The molecule has 3 aromatic heterocycles. The summed E-state index contributed by atoms with van der Waals surface area (Å²) in [4.78, 5) is 16.4. The van der Waals surface area contributed by atoms with Crippen LogP contribution in [0.1, 0.15) is 28.3 Å². The number of fused-ring (bicyclic) bond motifs is 8. The Bertz CT molecular complexity index is 1630. The van der Waals surface area contributed by atoms with Gasteiger partial charge in [0, 0.05) is 48.1 Å². The first-order chi connectivity index (χ1) is 15.7. The number of benzene rings is 1. The van der Waals surface area contributed by atoms with E-state index in [-0.39, 0.29) is 20.4 Å². The number of aromatic amines is 2. The Balaban J connectivity index is 0.00000228. The summed E-state index contributed by atoms with van der Waals surface area (Å²) in [6.07, 6.45) is 3.95. The van der Waals surface area contributed by atoms with Gasteiger partial charge in [0.25, 0.3) is 0 Å². The maximum Gasteiger partial charge on any atom is 0.102 e. The molecule has 5 heterocycles. The summed E-state index contributed by atoms with van der Waals surface area (Å²) >= 11 is 0. The van der Waals surface area contributed by atoms with Crippen LogP contribution < -0.4 is 0 Å². The number of hydrogen-bond donors (Lipinski definition) is 2. The van der Waals surface area contributed by atoms with E-state index in [1.54, 1.807) is 0 Å². The molecule has 5 nitrogen and oxygen atoms in total. The van der Waals surface area contributed by atoms with Crippen LogP contribution in [0.25, 0.3) is 45.4 Å². The molecule has 6 heteroatoms. The number of hydrogen-bond acceptors (Lipinski definition) is 3. The molecule has 0 spiro atoms. The molecule has 0 aliphatic carbocycles. The average Bonchev–Trinajstić information content (AvgIpc) is 3.58. The van der Waals surface area contributed by atoms with E-state index in [1.165, 1.54) is 0 Å². The van der Waals surface area contributed by atoms with Crippen molar-refractivity contribution in [3.05, 3.63) is 107 Å². The van der Waals surface area contributed by atoms with Crippen molar-refractivity contribution < 1.29 is 20.4 Å². The van der Waals surface area contributed by atoms with Gasteiger partial charge in [0.15, 0.2) is 0 Å². The van der Waals surface area contributed by atoms with Gasteiger partial charge in [-0.2, -0.15) is 5.26 Å². The van der Waals surface area contributed by atoms with Crippen LogP contribution in [0.2, 0.25) is 0 Å². The SMILES string of the molecule is N#CC1=C(c2ccccc2)c2cc3nc(cc4ccc(cc5ccc(cc1n2)[nH]5)[nH]4)C=C3.[Re]. The molecular weight excluding hydrogens is 581 g/mol. The monoisotopic (exact) mass is 598 g/mol. The second kappa shape index (κ2) is 8.49. The van der Waals surface area contributed by atoms with Crippen LogP contribution in [0.15, 0.2) is 78.9 Å². The van der Waals surface area contributed by atoms with E-state index in [4.69, 9.17) is 9.97 Å². The number of allylic oxidation sites excluding steroid dienone is 1. The van der Waals surface area contributed by atoms with Crippen molar-refractivity contribution in [1.82, 2.24) is 19.9 Å². The van der Waals surface area contributed by atoms with E-state index < -0.39 is 0 Å². The van der Waals surface area contributed by atoms with Gasteiger partial charge in [-0.25, -0.2) is 9.97 Å². The normalized spacial score (nSPS) is 12.3. The topological polar surface area (TPSA) is 81.2 Å². The first-order valence-corrected chi connectivity index (χ1v) is 10.3. The predicted molar refractivity (Wildman–Crippen MR) is 128 cm³/mol. The largest absolute Gasteiger partial charge is 0.355 e. The van der Waals surface area contributed by atoms with E-state index >= 15 is 0 Å². The molecule has 0 atom stereocenters. The molecule has 0 saturated heterocycles. The summed E-state index contributed by atoms with van der Waals surface area (Å²) in [6, 6.07) is 28.3. The van der Waals surface area contributed by atoms with Crippen LogP contribution in [-0.4, -0.2) is 19.9 Å². The molecule has 6 rings (SSSR count). The first-order valence-electron chi connectivity index (χ1n) is 10.3. The molecule has 2 aliphatic heterocycles. The van der Waals surface area contributed by atoms with Gasteiger partial charge in [-0.3, -0.25) is 0 Å². The summed E-state index contributed by atoms with van der Waals surface area (Å²) in [6.45, 7) is 0. The number of rotatable bonds is 1. The Morgan fingerprint density at radius 3 is 1.91 bits per heavy atom. The second-order valence-electron chi connectivity index (χ2n) is 7.72. The zero-order valence-electron chi connectivity index (χ0n) is 17.4. The Kier molecular flexibility index (Phi) is 5.36. The molecule has 4 aromatic rings. The van der Waals surface area contributed by atoms with Gasteiger partial charge in [0.05, 0.1) is 28.3 Å². The summed E-state index contributed by atoms with van der Waals surface area (Å²) in [5.41, 5.74) is 9.19. The van der Waals surface area contributed by atoms with Crippen molar-refractivity contribution in [2.75, 3.05) is 0 Å². The van der Waals surface area contributed by atoms with E-state index in [2.05, 4.69) is 16.0 Å². The third kappa shape index (κ3) is 3.97. The third-order valence-corrected chi connectivity index (χ3v) is 5.51. The molecule has 1 aromatic carbocycles. The number of nitrogens with zero attached hydrogens (tertiary/aromatic N) is 3. The molecule has 157 valence electrons. The molecule has 0 unspecified atom stereocenters. The van der Waals surface area contributed by atoms with Gasteiger partial charge in [-0.15, -0.1) is 0 Å². The molecule has 33 heavy (non-hydrogen) atoms. The van der Waals surface area contributed by atoms with E-state index in [0.717, 1.165) is 50.3 Å². The molecule has 1 radical (unpaired) electrons. The summed E-state index contributed by atoms with van der Waals surface area (Å²) in [5, 5.41) is 10.0. The fourth-order valence-electron chi connectivity index (χ4n) is 4.08. The molecule has 0 fully saturated rings. The molecule has 0 saturated carbocycles. The standard InChI is InChI=1S/C27H17N5.Re/c28-16-24-25-14-22-10-8-20(30-22)12-18-6-7-19(29-18)13-21-9-11-23(31-21)15-26(32-25)27(24)17-4-2-1-3-5-17;/h1-15,29-30H;. The van der Waals surface area contributed by atoms with Crippen LogP contribution in [0.5, 0.6) is 0 Å². The fraction of sp³-hybridized carbons (Fsp3) is 0. The van der Waals surface area contributed by atoms with Gasteiger partial charge in [0.1, 0.15) is 6.07 Å². The van der Waals surface area contributed by atoms with Crippen LogP contribution in [-0.2, 0) is 20.4 Å². The fourth-order valence-corrected chi connectivity index (χ4v) is 4.08. The Morgan fingerprint density at radius 1 is 0.636 bits per heavy atom. The third-order valence-electron chi connectivity index (χ3n) is 5.51. The minimum atomic E-state index is 0. The van der Waals surface area contributed by atoms with Crippen molar-refractivity contribution in [3.63, 3.8) is 0 Å². The van der Waals surface area contributed by atoms with Gasteiger partial charge in [0.2, 0.25) is 0 Å². The van der Waals surface area contributed by atoms with Crippen LogP contribution in [0.4, 0.5) is 0 Å². The van der Waals surface area contributed by atoms with Crippen molar-refractivity contribution >= 4 is 45.4 Å². The second-order valence-corrected chi connectivity index (χ2v) is 7.72. The summed E-state index contributed by atoms with van der Waals surface area (Å²) < 4.78 is 0. The minimum Gasteiger partial charge on any atom is -0.355 e. The van der Waals surface area contributed by atoms with Gasteiger partial charge < -0.3 is 9.97 Å². The Hall–Kier alpha value is -4.03. The van der Waals surface area contributed by atoms with Crippen molar-refractivity contribution in [2.24, 2.45) is 0 Å². The van der Waals surface area contributed by atoms with Crippen molar-refractivity contribution in [2.45, 2.75) is 0 Å². The number of nitriles is 1. The van der Waals surface area contributed by atoms with Gasteiger partial charge in [-0.05, 0) is 66.2 Å². The van der Waals surface area contributed by atoms with E-state index in [0.29, 0.717) is 11.3 Å². The van der Waals surface area contributed by atoms with Gasteiger partial charge >= 0.3 is 0 Å². The van der Waals surface area contributed by atoms with E-state index in [9.17, 15) is 5.26 Å². The Morgan fingerprint density at radius 2 is 1.24 bits per heavy atom. The first kappa shape index (κ1) is 20.9.